The van der Waals surface area contributed by atoms with Crippen molar-refractivity contribution in [1.82, 2.24) is 20.0 Å². The molecule has 1 aliphatic rings. The zero-order valence-electron chi connectivity index (χ0n) is 16.7. The molecular weight excluding hydrogens is 411 g/mol. The van der Waals surface area contributed by atoms with Gasteiger partial charge in [0.15, 0.2) is 5.82 Å². The number of aromatic nitrogens is 3. The Kier molecular flexibility index (Phi) is 5.38. The van der Waals surface area contributed by atoms with Crippen LogP contribution in [0.25, 0.3) is 11.5 Å². The summed E-state index contributed by atoms with van der Waals surface area (Å²) in [6, 6.07) is 7.81. The first kappa shape index (κ1) is 20.8. The molecule has 10 heteroatoms. The van der Waals surface area contributed by atoms with Gasteiger partial charge in [0.1, 0.15) is 0 Å². The highest BCUT2D eigenvalue weighted by molar-refractivity contribution is 5.90. The van der Waals surface area contributed by atoms with Crippen LogP contribution in [0, 0.1) is 0 Å². The number of para-hydroxylation sites is 1. The van der Waals surface area contributed by atoms with Crippen molar-refractivity contribution in [2.75, 3.05) is 18.4 Å². The molecule has 31 heavy (non-hydrogen) atoms. The number of amides is 2. The van der Waals surface area contributed by atoms with E-state index in [9.17, 15) is 18.0 Å². The number of rotatable bonds is 3. The van der Waals surface area contributed by atoms with E-state index >= 15 is 0 Å². The second-order valence-electron chi connectivity index (χ2n) is 7.72. The number of anilines is 1. The molecule has 3 aromatic rings. The predicted octanol–water partition coefficient (Wildman–Crippen LogP) is 4.74. The van der Waals surface area contributed by atoms with Crippen molar-refractivity contribution in [2.45, 2.75) is 31.4 Å². The van der Waals surface area contributed by atoms with E-state index in [2.05, 4.69) is 20.4 Å². The molecule has 1 N–H and O–H groups in total. The monoisotopic (exact) mass is 431 g/mol. The molecule has 0 bridgehead atoms. The number of piperidine rings is 1. The lowest BCUT2D eigenvalue weighted by Gasteiger charge is -2.38. The quantitative estimate of drug-likeness (QED) is 0.648. The molecular formula is C21H20F3N5O2. The van der Waals surface area contributed by atoms with E-state index in [0.717, 1.165) is 11.6 Å². The number of hydrogen-bond donors (Lipinski definition) is 1. The van der Waals surface area contributed by atoms with Gasteiger partial charge in [0.05, 0.1) is 11.3 Å². The van der Waals surface area contributed by atoms with E-state index in [1.165, 1.54) is 23.1 Å². The van der Waals surface area contributed by atoms with Gasteiger partial charge < -0.3 is 14.7 Å². The molecule has 1 unspecified atom stereocenters. The van der Waals surface area contributed by atoms with Crippen LogP contribution in [0.3, 0.4) is 0 Å². The largest absolute Gasteiger partial charge is 0.418 e. The van der Waals surface area contributed by atoms with Crippen LogP contribution in [0.15, 0.2) is 53.3 Å². The van der Waals surface area contributed by atoms with Crippen LogP contribution in [0.5, 0.6) is 0 Å². The van der Waals surface area contributed by atoms with E-state index < -0.39 is 23.2 Å². The number of hydrogen-bond acceptors (Lipinski definition) is 5. The molecule has 0 radical (unpaired) electrons. The third-order valence-electron chi connectivity index (χ3n) is 5.35. The fourth-order valence-electron chi connectivity index (χ4n) is 3.71. The zero-order chi connectivity index (χ0) is 22.1. The molecule has 1 atom stereocenters. The lowest BCUT2D eigenvalue weighted by atomic mass is 9.81. The van der Waals surface area contributed by atoms with E-state index in [4.69, 9.17) is 4.52 Å². The SMILES string of the molecule is CC1(c2noc(-c3ccncc3)n2)CCCN(C(=O)Nc2ccccc2C(F)(F)F)C1. The Balaban J connectivity index is 1.51. The van der Waals surface area contributed by atoms with Gasteiger partial charge in [0.2, 0.25) is 0 Å². The van der Waals surface area contributed by atoms with Crippen molar-refractivity contribution in [3.63, 3.8) is 0 Å². The number of nitrogens with one attached hydrogen (secondary N) is 1. The van der Waals surface area contributed by atoms with Gasteiger partial charge in [0.25, 0.3) is 5.89 Å². The Morgan fingerprint density at radius 2 is 1.94 bits per heavy atom. The van der Waals surface area contributed by atoms with Crippen molar-refractivity contribution in [1.29, 1.82) is 0 Å². The molecule has 1 aliphatic heterocycles. The van der Waals surface area contributed by atoms with E-state index in [0.29, 0.717) is 31.1 Å². The van der Waals surface area contributed by atoms with Crippen LogP contribution in [0.2, 0.25) is 0 Å². The molecule has 2 amide bonds. The molecule has 0 aliphatic carbocycles. The summed E-state index contributed by atoms with van der Waals surface area (Å²) < 4.78 is 45.1. The maximum atomic E-state index is 13.2. The summed E-state index contributed by atoms with van der Waals surface area (Å²) in [6.07, 6.45) is 0.0439. The number of halogens is 3. The minimum Gasteiger partial charge on any atom is -0.334 e. The number of urea groups is 1. The topological polar surface area (TPSA) is 84.2 Å². The number of nitrogens with zero attached hydrogens (tertiary/aromatic N) is 4. The van der Waals surface area contributed by atoms with Gasteiger partial charge in [0, 0.05) is 36.5 Å². The number of alkyl halides is 3. The van der Waals surface area contributed by atoms with Crippen molar-refractivity contribution < 1.29 is 22.5 Å². The second-order valence-corrected chi connectivity index (χ2v) is 7.72. The average Bonchev–Trinajstić information content (AvgIpc) is 3.25. The fraction of sp³-hybridized carbons (Fsp3) is 0.333. The minimum atomic E-state index is -4.56. The molecule has 7 nitrogen and oxygen atoms in total. The summed E-state index contributed by atoms with van der Waals surface area (Å²) in [7, 11) is 0. The van der Waals surface area contributed by atoms with E-state index in [1.54, 1.807) is 24.5 Å². The smallest absolute Gasteiger partial charge is 0.334 e. The molecule has 2 aromatic heterocycles. The molecule has 1 fully saturated rings. The van der Waals surface area contributed by atoms with Crippen LogP contribution in [0.4, 0.5) is 23.7 Å². The Hall–Kier alpha value is -3.43. The maximum absolute atomic E-state index is 13.2. The highest BCUT2D eigenvalue weighted by Crippen LogP contribution is 2.36. The average molecular weight is 431 g/mol. The number of carbonyl (C=O) groups is 1. The third kappa shape index (κ3) is 4.37. The summed E-state index contributed by atoms with van der Waals surface area (Å²) in [5, 5.41) is 6.50. The molecule has 1 aromatic carbocycles. The van der Waals surface area contributed by atoms with E-state index in [-0.39, 0.29) is 12.2 Å². The summed E-state index contributed by atoms with van der Waals surface area (Å²) >= 11 is 0. The number of benzene rings is 1. The van der Waals surface area contributed by atoms with Crippen LogP contribution >= 0.6 is 0 Å². The van der Waals surface area contributed by atoms with Crippen molar-refractivity contribution in [3.05, 3.63) is 60.2 Å². The molecule has 1 saturated heterocycles. The first-order valence-electron chi connectivity index (χ1n) is 9.73. The summed E-state index contributed by atoms with van der Waals surface area (Å²) in [4.78, 5) is 22.7. The van der Waals surface area contributed by atoms with Crippen LogP contribution in [0.1, 0.15) is 31.2 Å². The summed E-state index contributed by atoms with van der Waals surface area (Å²) in [6.45, 7) is 2.59. The highest BCUT2D eigenvalue weighted by Gasteiger charge is 2.39. The van der Waals surface area contributed by atoms with Crippen LogP contribution in [-0.4, -0.2) is 39.1 Å². The minimum absolute atomic E-state index is 0.252. The summed E-state index contributed by atoms with van der Waals surface area (Å²) in [5.74, 6) is 0.798. The molecule has 162 valence electrons. The molecule has 3 heterocycles. The Bertz CT molecular complexity index is 1070. The number of likely N-dealkylation sites (tertiary alicyclic amines) is 1. The van der Waals surface area contributed by atoms with Crippen molar-refractivity contribution in [2.24, 2.45) is 0 Å². The van der Waals surface area contributed by atoms with Gasteiger partial charge in [-0.15, -0.1) is 0 Å². The lowest BCUT2D eigenvalue weighted by Crippen LogP contribution is -2.49. The standard InChI is InChI=1S/C21H20F3N5O2/c1-20(18-27-17(31-28-18)14-7-10-25-11-8-14)9-4-12-29(13-20)19(30)26-16-6-3-2-5-15(16)21(22,23)24/h2-3,5-8,10-11H,4,9,12-13H2,1H3,(H,26,30). The Morgan fingerprint density at radius 3 is 2.68 bits per heavy atom. The molecule has 0 spiro atoms. The first-order valence-corrected chi connectivity index (χ1v) is 9.73. The first-order chi connectivity index (χ1) is 14.8. The zero-order valence-corrected chi connectivity index (χ0v) is 16.7. The highest BCUT2D eigenvalue weighted by atomic mass is 19.4. The third-order valence-corrected chi connectivity index (χ3v) is 5.35. The maximum Gasteiger partial charge on any atom is 0.418 e. The predicted molar refractivity (Wildman–Crippen MR) is 106 cm³/mol. The van der Waals surface area contributed by atoms with Crippen molar-refractivity contribution in [3.8, 4) is 11.5 Å². The lowest BCUT2D eigenvalue weighted by molar-refractivity contribution is -0.136. The Labute approximate surface area is 176 Å². The van der Waals surface area contributed by atoms with Crippen molar-refractivity contribution >= 4 is 11.7 Å². The molecule has 4 rings (SSSR count). The van der Waals surface area contributed by atoms with Crippen LogP contribution < -0.4 is 5.32 Å². The van der Waals surface area contributed by atoms with Gasteiger partial charge in [-0.2, -0.15) is 18.2 Å². The second kappa shape index (κ2) is 8.01. The normalized spacial score (nSPS) is 19.3. The van der Waals surface area contributed by atoms with Gasteiger partial charge in [-0.25, -0.2) is 4.79 Å². The van der Waals surface area contributed by atoms with Crippen LogP contribution in [-0.2, 0) is 11.6 Å². The Morgan fingerprint density at radius 1 is 1.19 bits per heavy atom. The summed E-state index contributed by atoms with van der Waals surface area (Å²) in [5.41, 5.74) is -1.02. The number of pyridine rings is 1. The van der Waals surface area contributed by atoms with Gasteiger partial charge in [-0.3, -0.25) is 4.98 Å². The number of carbonyl (C=O) groups excluding carboxylic acids is 1. The molecule has 0 saturated carbocycles. The van der Waals surface area contributed by atoms with Gasteiger partial charge in [-0.05, 0) is 37.1 Å². The fourth-order valence-corrected chi connectivity index (χ4v) is 3.71. The van der Waals surface area contributed by atoms with Gasteiger partial charge in [-0.1, -0.05) is 24.2 Å². The van der Waals surface area contributed by atoms with E-state index in [1.807, 2.05) is 6.92 Å². The van der Waals surface area contributed by atoms with Gasteiger partial charge >= 0.3 is 12.2 Å².